The molecule has 1 aromatic rings. The van der Waals surface area contributed by atoms with Crippen LogP contribution in [0.2, 0.25) is 0 Å². The van der Waals surface area contributed by atoms with Crippen LogP contribution >= 0.6 is 0 Å². The molecule has 0 aliphatic carbocycles. The van der Waals surface area contributed by atoms with Gasteiger partial charge in [0.1, 0.15) is 0 Å². The van der Waals surface area contributed by atoms with Crippen molar-refractivity contribution in [3.8, 4) is 6.07 Å². The third-order valence-electron chi connectivity index (χ3n) is 2.34. The molecule has 0 saturated carbocycles. The van der Waals surface area contributed by atoms with Gasteiger partial charge in [0.15, 0.2) is 5.69 Å². The van der Waals surface area contributed by atoms with E-state index in [1.165, 1.54) is 0 Å². The molecule has 12 heteroatoms. The van der Waals surface area contributed by atoms with Gasteiger partial charge in [-0.25, -0.2) is 4.98 Å². The molecule has 0 radical (unpaired) electrons. The van der Waals surface area contributed by atoms with Crippen LogP contribution in [-0.4, -0.2) is 4.98 Å². The zero-order valence-corrected chi connectivity index (χ0v) is 9.88. The Kier molecular flexibility index (Phi) is 4.33. The summed E-state index contributed by atoms with van der Waals surface area (Å²) in [5.74, 6) is -2.44. The van der Waals surface area contributed by atoms with E-state index in [-0.39, 0.29) is 0 Å². The molecule has 1 heterocycles. The Morgan fingerprint density at radius 3 is 1.59 bits per heavy atom. The molecule has 0 aliphatic rings. The molecule has 0 bridgehead atoms. The molecule has 1 aromatic heterocycles. The number of rotatable bonds is 1. The summed E-state index contributed by atoms with van der Waals surface area (Å²) in [7, 11) is 0. The van der Waals surface area contributed by atoms with Crippen LogP contribution < -0.4 is 0 Å². The number of alkyl halides is 9. The Morgan fingerprint density at radius 1 is 0.818 bits per heavy atom. The van der Waals surface area contributed by atoms with Gasteiger partial charge in [0.2, 0.25) is 5.95 Å². The summed E-state index contributed by atoms with van der Waals surface area (Å²) in [6, 6.07) is 0.946. The lowest BCUT2D eigenvalue weighted by Gasteiger charge is -2.22. The van der Waals surface area contributed by atoms with E-state index in [1.54, 1.807) is 0 Å². The van der Waals surface area contributed by atoms with Crippen LogP contribution in [-0.2, 0) is 24.9 Å². The van der Waals surface area contributed by atoms with Gasteiger partial charge in [-0.05, 0) is 0 Å². The van der Waals surface area contributed by atoms with E-state index in [2.05, 4.69) is 0 Å². The van der Waals surface area contributed by atoms with Crippen molar-refractivity contribution in [2.75, 3.05) is 0 Å². The monoisotopic (exact) mass is 340 g/mol. The van der Waals surface area contributed by atoms with E-state index in [1.807, 2.05) is 4.98 Å². The third kappa shape index (κ3) is 3.40. The van der Waals surface area contributed by atoms with Gasteiger partial charge in [-0.15, -0.1) is 0 Å². The van der Waals surface area contributed by atoms with Crippen LogP contribution in [0.4, 0.5) is 43.9 Å². The predicted molar refractivity (Wildman–Crippen MR) is 48.5 cm³/mol. The lowest BCUT2D eigenvalue weighted by Crippen LogP contribution is -2.27. The standard InChI is InChI=1S/C10H2F10N2/c11-7-3(1-2-21)4(8(12,13)14)5(9(15,16)17)6(22-7)10(18,19)20/h1H2. The van der Waals surface area contributed by atoms with Gasteiger partial charge >= 0.3 is 18.5 Å². The lowest BCUT2D eigenvalue weighted by atomic mass is 9.97. The minimum absolute atomic E-state index is 0.946. The molecule has 0 spiro atoms. The molecule has 0 saturated heterocycles. The highest BCUT2D eigenvalue weighted by Crippen LogP contribution is 2.47. The zero-order valence-electron chi connectivity index (χ0n) is 9.88. The topological polar surface area (TPSA) is 36.7 Å². The molecule has 0 aliphatic heterocycles. The highest BCUT2D eigenvalue weighted by molar-refractivity contribution is 5.43. The Hall–Kier alpha value is -2.06. The van der Waals surface area contributed by atoms with Crippen molar-refractivity contribution in [1.82, 2.24) is 4.98 Å². The van der Waals surface area contributed by atoms with Crippen molar-refractivity contribution in [2.24, 2.45) is 0 Å². The van der Waals surface area contributed by atoms with Crippen molar-refractivity contribution < 1.29 is 43.9 Å². The Bertz CT molecular complexity index is 617. The third-order valence-corrected chi connectivity index (χ3v) is 2.34. The van der Waals surface area contributed by atoms with Crippen LogP contribution in [0.25, 0.3) is 0 Å². The SMILES string of the molecule is N#CCc1c(F)nc(C(F)(F)F)c(C(F)(F)F)c1C(F)(F)F. The number of hydrogen-bond acceptors (Lipinski definition) is 2. The zero-order chi connectivity index (χ0) is 17.5. The van der Waals surface area contributed by atoms with E-state index >= 15 is 0 Å². The van der Waals surface area contributed by atoms with Gasteiger partial charge in [-0.1, -0.05) is 0 Å². The van der Waals surface area contributed by atoms with E-state index in [9.17, 15) is 43.9 Å². The summed E-state index contributed by atoms with van der Waals surface area (Å²) in [5.41, 5.74) is -11.0. The first-order valence-corrected chi connectivity index (χ1v) is 5.02. The number of pyridine rings is 1. The molecule has 122 valence electrons. The quantitative estimate of drug-likeness (QED) is 0.563. The first-order valence-electron chi connectivity index (χ1n) is 5.02. The first kappa shape index (κ1) is 18.0. The average molecular weight is 340 g/mol. The fraction of sp³-hybridized carbons (Fsp3) is 0.400. The predicted octanol–water partition coefficient (Wildman–Crippen LogP) is 4.34. The second kappa shape index (κ2) is 5.29. The number of halogens is 10. The van der Waals surface area contributed by atoms with Crippen molar-refractivity contribution in [3.63, 3.8) is 0 Å². The summed E-state index contributed by atoms with van der Waals surface area (Å²) >= 11 is 0. The molecule has 0 atom stereocenters. The van der Waals surface area contributed by atoms with Crippen LogP contribution in [0.5, 0.6) is 0 Å². The summed E-state index contributed by atoms with van der Waals surface area (Å²) in [6.45, 7) is 0. The van der Waals surface area contributed by atoms with Crippen molar-refractivity contribution in [2.45, 2.75) is 24.9 Å². The molecule has 0 amide bonds. The molecular formula is C10H2F10N2. The number of nitrogens with zero attached hydrogens (tertiary/aromatic N) is 2. The van der Waals surface area contributed by atoms with E-state index < -0.39 is 53.3 Å². The summed E-state index contributed by atoms with van der Waals surface area (Å²) in [5, 5.41) is 8.24. The van der Waals surface area contributed by atoms with Crippen LogP contribution in [0, 0.1) is 17.3 Å². The smallest absolute Gasteiger partial charge is 0.214 e. The number of aromatic nitrogens is 1. The lowest BCUT2D eigenvalue weighted by molar-refractivity contribution is -0.177. The largest absolute Gasteiger partial charge is 0.434 e. The summed E-state index contributed by atoms with van der Waals surface area (Å²) in [6.07, 6.45) is -19.6. The molecule has 2 nitrogen and oxygen atoms in total. The minimum Gasteiger partial charge on any atom is -0.214 e. The summed E-state index contributed by atoms with van der Waals surface area (Å²) < 4.78 is 127. The Labute approximate surface area is 115 Å². The molecular weight excluding hydrogens is 338 g/mol. The molecule has 0 fully saturated rings. The summed E-state index contributed by atoms with van der Waals surface area (Å²) in [4.78, 5) is 1.94. The maximum absolute atomic E-state index is 13.3. The van der Waals surface area contributed by atoms with Gasteiger partial charge in [0, 0.05) is 5.56 Å². The van der Waals surface area contributed by atoms with Crippen LogP contribution in [0.3, 0.4) is 0 Å². The maximum atomic E-state index is 13.3. The highest BCUT2D eigenvalue weighted by atomic mass is 19.4. The number of nitriles is 1. The Balaban J connectivity index is 4.04. The van der Waals surface area contributed by atoms with Crippen molar-refractivity contribution >= 4 is 0 Å². The molecule has 0 unspecified atom stereocenters. The van der Waals surface area contributed by atoms with Crippen LogP contribution in [0.15, 0.2) is 0 Å². The highest BCUT2D eigenvalue weighted by Gasteiger charge is 2.53. The fourth-order valence-corrected chi connectivity index (χ4v) is 1.63. The van der Waals surface area contributed by atoms with Gasteiger partial charge < -0.3 is 0 Å². The molecule has 22 heavy (non-hydrogen) atoms. The van der Waals surface area contributed by atoms with Crippen molar-refractivity contribution in [1.29, 1.82) is 5.26 Å². The van der Waals surface area contributed by atoms with E-state index in [0.717, 1.165) is 6.07 Å². The van der Waals surface area contributed by atoms with E-state index in [4.69, 9.17) is 5.26 Å². The molecule has 0 aromatic carbocycles. The van der Waals surface area contributed by atoms with Gasteiger partial charge in [0.25, 0.3) is 0 Å². The average Bonchev–Trinajstić information content (AvgIpc) is 2.26. The van der Waals surface area contributed by atoms with Gasteiger partial charge in [-0.2, -0.15) is 49.2 Å². The second-order valence-corrected chi connectivity index (χ2v) is 3.81. The molecule has 0 N–H and O–H groups in total. The van der Waals surface area contributed by atoms with Crippen molar-refractivity contribution in [3.05, 3.63) is 28.3 Å². The fourth-order valence-electron chi connectivity index (χ4n) is 1.63. The van der Waals surface area contributed by atoms with Gasteiger partial charge in [-0.3, -0.25) is 0 Å². The molecule has 1 rings (SSSR count). The minimum atomic E-state index is -6.11. The van der Waals surface area contributed by atoms with Gasteiger partial charge in [0.05, 0.1) is 23.6 Å². The first-order chi connectivity index (χ1) is 9.71. The maximum Gasteiger partial charge on any atom is 0.434 e. The van der Waals surface area contributed by atoms with Crippen LogP contribution in [0.1, 0.15) is 22.4 Å². The number of hydrogen-bond donors (Lipinski definition) is 0. The normalized spacial score (nSPS) is 13.1. The second-order valence-electron chi connectivity index (χ2n) is 3.81. The van der Waals surface area contributed by atoms with E-state index in [0.29, 0.717) is 0 Å². The Morgan fingerprint density at radius 2 is 1.27 bits per heavy atom.